The Hall–Kier alpha value is -2.04. The van der Waals surface area contributed by atoms with Crippen molar-refractivity contribution < 1.29 is 14.0 Å². The summed E-state index contributed by atoms with van der Waals surface area (Å²) < 4.78 is 13.0. The second-order valence-corrected chi connectivity index (χ2v) is 7.46. The summed E-state index contributed by atoms with van der Waals surface area (Å²) in [5, 5.41) is 0.629. The molecule has 1 fully saturated rings. The van der Waals surface area contributed by atoms with Crippen LogP contribution in [-0.2, 0) is 0 Å². The normalized spacial score (nSPS) is 15.6. The number of halogens is 2. The number of likely N-dealkylation sites (tertiary alicyclic amines) is 1. The Bertz CT molecular complexity index is 778. The fourth-order valence-electron chi connectivity index (χ4n) is 3.51. The van der Waals surface area contributed by atoms with Crippen LogP contribution in [0.3, 0.4) is 0 Å². The van der Waals surface area contributed by atoms with Gasteiger partial charge in [0.1, 0.15) is 5.82 Å². The first kappa shape index (κ1) is 19.7. The molecular weight excluding hydrogens is 365 g/mol. The van der Waals surface area contributed by atoms with Crippen LogP contribution in [0.1, 0.15) is 46.4 Å². The number of carbonyl (C=O) groups excluding carboxylic acids is 2. The van der Waals surface area contributed by atoms with Gasteiger partial charge in [-0.3, -0.25) is 9.59 Å². The first-order valence-corrected chi connectivity index (χ1v) is 9.71. The van der Waals surface area contributed by atoms with Crippen molar-refractivity contribution in [3.05, 3.63) is 70.5 Å². The molecule has 1 aliphatic rings. The summed E-state index contributed by atoms with van der Waals surface area (Å²) >= 11 is 5.84. The number of rotatable bonds is 7. The molecule has 0 saturated carbocycles. The van der Waals surface area contributed by atoms with E-state index in [1.54, 1.807) is 36.4 Å². The third kappa shape index (κ3) is 5.47. The summed E-state index contributed by atoms with van der Waals surface area (Å²) in [7, 11) is 0. The van der Waals surface area contributed by atoms with Gasteiger partial charge < -0.3 is 4.90 Å². The van der Waals surface area contributed by atoms with E-state index in [2.05, 4.69) is 4.90 Å². The Labute approximate surface area is 164 Å². The third-order valence-corrected chi connectivity index (χ3v) is 5.38. The number of piperidine rings is 1. The van der Waals surface area contributed by atoms with Crippen molar-refractivity contribution in [2.45, 2.75) is 25.7 Å². The van der Waals surface area contributed by atoms with Crippen LogP contribution in [0.5, 0.6) is 0 Å². The summed E-state index contributed by atoms with van der Waals surface area (Å²) in [6.07, 6.45) is 2.93. The van der Waals surface area contributed by atoms with Crippen molar-refractivity contribution in [3.8, 4) is 0 Å². The molecule has 0 spiro atoms. The quantitative estimate of drug-likeness (QED) is 0.625. The Morgan fingerprint density at radius 2 is 1.56 bits per heavy atom. The van der Waals surface area contributed by atoms with Crippen molar-refractivity contribution in [1.82, 2.24) is 4.90 Å². The standard InChI is InChI=1S/C22H23ClFNO2/c23-19-7-3-16(4-8-19)21(26)2-1-13-25-14-11-18(12-15-25)22(27)17-5-9-20(24)10-6-17/h3-10,18H,1-2,11-15H2. The fourth-order valence-corrected chi connectivity index (χ4v) is 3.64. The highest BCUT2D eigenvalue weighted by atomic mass is 35.5. The van der Waals surface area contributed by atoms with Gasteiger partial charge in [0.05, 0.1) is 0 Å². The molecule has 27 heavy (non-hydrogen) atoms. The van der Waals surface area contributed by atoms with E-state index >= 15 is 0 Å². The molecular formula is C22H23ClFNO2. The Kier molecular flexibility index (Phi) is 6.75. The SMILES string of the molecule is O=C(CCCN1CCC(C(=O)c2ccc(F)cc2)CC1)c1ccc(Cl)cc1. The largest absolute Gasteiger partial charge is 0.303 e. The first-order valence-electron chi connectivity index (χ1n) is 9.34. The number of carbonyl (C=O) groups is 2. The van der Waals surface area contributed by atoms with E-state index in [1.807, 2.05) is 0 Å². The predicted octanol–water partition coefficient (Wildman–Crippen LogP) is 5.04. The fraction of sp³-hybridized carbons (Fsp3) is 0.364. The number of benzene rings is 2. The molecule has 0 atom stereocenters. The maximum absolute atomic E-state index is 13.0. The summed E-state index contributed by atoms with van der Waals surface area (Å²) in [6.45, 7) is 2.57. The average Bonchev–Trinajstić information content (AvgIpc) is 2.69. The van der Waals surface area contributed by atoms with Gasteiger partial charge in [0.25, 0.3) is 0 Å². The predicted molar refractivity (Wildman–Crippen MR) is 105 cm³/mol. The molecule has 0 N–H and O–H groups in total. The summed E-state index contributed by atoms with van der Waals surface area (Å²) in [5.41, 5.74) is 1.28. The van der Waals surface area contributed by atoms with Crippen molar-refractivity contribution in [2.24, 2.45) is 5.92 Å². The molecule has 3 rings (SSSR count). The molecule has 1 heterocycles. The van der Waals surface area contributed by atoms with E-state index < -0.39 is 0 Å². The van der Waals surface area contributed by atoms with Crippen LogP contribution >= 0.6 is 11.6 Å². The average molecular weight is 388 g/mol. The molecule has 1 saturated heterocycles. The van der Waals surface area contributed by atoms with Crippen LogP contribution in [-0.4, -0.2) is 36.1 Å². The molecule has 5 heteroatoms. The Balaban J connectivity index is 1.40. The molecule has 0 unspecified atom stereocenters. The lowest BCUT2D eigenvalue weighted by Gasteiger charge is -2.31. The molecule has 1 aliphatic heterocycles. The van der Waals surface area contributed by atoms with E-state index in [0.29, 0.717) is 22.6 Å². The van der Waals surface area contributed by atoms with Crippen LogP contribution < -0.4 is 0 Å². The highest BCUT2D eigenvalue weighted by Crippen LogP contribution is 2.22. The lowest BCUT2D eigenvalue weighted by atomic mass is 9.89. The molecule has 142 valence electrons. The van der Waals surface area contributed by atoms with E-state index in [0.717, 1.165) is 38.9 Å². The zero-order valence-electron chi connectivity index (χ0n) is 15.2. The van der Waals surface area contributed by atoms with Crippen LogP contribution in [0.25, 0.3) is 0 Å². The second-order valence-electron chi connectivity index (χ2n) is 7.02. The van der Waals surface area contributed by atoms with Gasteiger partial charge in [0, 0.05) is 28.5 Å². The van der Waals surface area contributed by atoms with Crippen molar-refractivity contribution >= 4 is 23.2 Å². The number of Topliss-reactive ketones (excluding diaryl/α,β-unsaturated/α-hetero) is 2. The highest BCUT2D eigenvalue weighted by Gasteiger charge is 2.25. The molecule has 0 bridgehead atoms. The first-order chi connectivity index (χ1) is 13.0. The van der Waals surface area contributed by atoms with Crippen LogP contribution in [0.4, 0.5) is 4.39 Å². The summed E-state index contributed by atoms with van der Waals surface area (Å²) in [4.78, 5) is 27.0. The Morgan fingerprint density at radius 3 is 2.19 bits per heavy atom. The molecule has 0 aliphatic carbocycles. The Morgan fingerprint density at radius 1 is 0.963 bits per heavy atom. The number of nitrogens with zero attached hydrogens (tertiary/aromatic N) is 1. The van der Waals surface area contributed by atoms with Gasteiger partial charge in [-0.15, -0.1) is 0 Å². The smallest absolute Gasteiger partial charge is 0.166 e. The van der Waals surface area contributed by atoms with Gasteiger partial charge in [0.2, 0.25) is 0 Å². The van der Waals surface area contributed by atoms with E-state index in [9.17, 15) is 14.0 Å². The third-order valence-electron chi connectivity index (χ3n) is 5.13. The van der Waals surface area contributed by atoms with Gasteiger partial charge in [0.15, 0.2) is 11.6 Å². The van der Waals surface area contributed by atoms with Gasteiger partial charge in [-0.1, -0.05) is 11.6 Å². The van der Waals surface area contributed by atoms with Gasteiger partial charge >= 0.3 is 0 Å². The van der Waals surface area contributed by atoms with Crippen molar-refractivity contribution in [3.63, 3.8) is 0 Å². The van der Waals surface area contributed by atoms with Gasteiger partial charge in [-0.05, 0) is 87.4 Å². The number of hydrogen-bond donors (Lipinski definition) is 0. The molecule has 0 radical (unpaired) electrons. The van der Waals surface area contributed by atoms with Crippen molar-refractivity contribution in [2.75, 3.05) is 19.6 Å². The van der Waals surface area contributed by atoms with Crippen LogP contribution in [0.15, 0.2) is 48.5 Å². The maximum Gasteiger partial charge on any atom is 0.166 e. The lowest BCUT2D eigenvalue weighted by molar-refractivity contribution is 0.0837. The minimum absolute atomic E-state index is 0.00223. The summed E-state index contributed by atoms with van der Waals surface area (Å²) in [6, 6.07) is 12.8. The highest BCUT2D eigenvalue weighted by molar-refractivity contribution is 6.30. The second kappa shape index (κ2) is 9.25. The van der Waals surface area contributed by atoms with Gasteiger partial charge in [-0.25, -0.2) is 4.39 Å². The minimum atomic E-state index is -0.325. The summed E-state index contributed by atoms with van der Waals surface area (Å²) in [5.74, 6) is -0.0856. The van der Waals surface area contributed by atoms with E-state index in [4.69, 9.17) is 11.6 Å². The molecule has 0 aromatic heterocycles. The molecule has 2 aromatic carbocycles. The molecule has 0 amide bonds. The topological polar surface area (TPSA) is 37.4 Å². The lowest BCUT2D eigenvalue weighted by Crippen LogP contribution is -2.37. The van der Waals surface area contributed by atoms with Crippen LogP contribution in [0, 0.1) is 11.7 Å². The maximum atomic E-state index is 13.0. The zero-order valence-corrected chi connectivity index (χ0v) is 15.9. The number of ketones is 2. The number of hydrogen-bond acceptors (Lipinski definition) is 3. The monoisotopic (exact) mass is 387 g/mol. The van der Waals surface area contributed by atoms with E-state index in [-0.39, 0.29) is 23.3 Å². The molecule has 2 aromatic rings. The zero-order chi connectivity index (χ0) is 19.2. The minimum Gasteiger partial charge on any atom is -0.303 e. The van der Waals surface area contributed by atoms with Crippen molar-refractivity contribution in [1.29, 1.82) is 0 Å². The van der Waals surface area contributed by atoms with Gasteiger partial charge in [-0.2, -0.15) is 0 Å². The van der Waals surface area contributed by atoms with Crippen LogP contribution in [0.2, 0.25) is 5.02 Å². The van der Waals surface area contributed by atoms with E-state index in [1.165, 1.54) is 12.1 Å². The molecule has 3 nitrogen and oxygen atoms in total.